The Balaban J connectivity index is 1.93. The van der Waals surface area contributed by atoms with E-state index >= 15 is 0 Å². The molecule has 0 radical (unpaired) electrons. The molecule has 7 N–H and O–H groups in total. The zero-order valence-corrected chi connectivity index (χ0v) is 19.2. The van der Waals surface area contributed by atoms with Crippen LogP contribution in [0.25, 0.3) is 0 Å². The number of aryl methyl sites for hydroxylation is 2. The lowest BCUT2D eigenvalue weighted by Gasteiger charge is -2.19. The molecule has 2 aromatic rings. The molecule has 33 heavy (non-hydrogen) atoms. The highest BCUT2D eigenvalue weighted by molar-refractivity contribution is 7.46. The molecule has 2 aromatic heterocycles. The van der Waals surface area contributed by atoms with Gasteiger partial charge in [0.05, 0.1) is 24.6 Å². The summed E-state index contributed by atoms with van der Waals surface area (Å²) in [7, 11) is -8.40. The Hall–Kier alpha value is -2.19. The van der Waals surface area contributed by atoms with Crippen LogP contribution >= 0.6 is 15.6 Å². The Morgan fingerprint density at radius 3 is 2.61 bits per heavy atom. The van der Waals surface area contributed by atoms with Crippen LogP contribution in [0.2, 0.25) is 0 Å². The van der Waals surface area contributed by atoms with E-state index in [1.54, 1.807) is 13.0 Å². The first-order valence-corrected chi connectivity index (χ1v) is 12.4. The number of anilines is 3. The summed E-state index contributed by atoms with van der Waals surface area (Å²) in [6.07, 6.45) is -0.712. The van der Waals surface area contributed by atoms with Gasteiger partial charge in [-0.2, -0.15) is 4.98 Å². The lowest BCUT2D eigenvalue weighted by molar-refractivity contribution is -0.0217. The molecule has 0 amide bonds. The van der Waals surface area contributed by atoms with Crippen LogP contribution in [0.5, 0.6) is 0 Å². The average molecular weight is 507 g/mol. The highest BCUT2D eigenvalue weighted by Crippen LogP contribution is 2.47. The number of nitrogens with two attached hydrogens (primary N) is 1. The summed E-state index contributed by atoms with van der Waals surface area (Å²) in [6.45, 7) is 1.04. The highest BCUT2D eigenvalue weighted by atomic mass is 31.2. The Morgan fingerprint density at radius 2 is 2.00 bits per heavy atom. The number of phosphoric acid groups is 2. The van der Waals surface area contributed by atoms with Gasteiger partial charge in [-0.25, -0.2) is 18.9 Å². The number of rotatable bonds is 8. The topological polar surface area (TPSA) is 229 Å². The lowest BCUT2D eigenvalue weighted by Crippen LogP contribution is -2.28. The van der Waals surface area contributed by atoms with E-state index in [1.165, 1.54) is 24.0 Å². The fourth-order valence-electron chi connectivity index (χ4n) is 3.21. The number of pyridine rings is 1. The molecule has 0 aliphatic carbocycles. The lowest BCUT2D eigenvalue weighted by atomic mass is 10.1. The molecular formula is C16H23N5O10P2. The Kier molecular flexibility index (Phi) is 7.39. The highest BCUT2D eigenvalue weighted by Gasteiger charge is 2.42. The molecule has 3 rings (SSSR count). The summed E-state index contributed by atoms with van der Waals surface area (Å²) >= 11 is 0. The number of nitrogens with zero attached hydrogens (tertiary/aromatic N) is 3. The molecule has 0 unspecified atom stereocenters. The molecule has 1 fully saturated rings. The SMILES string of the molecule is Cc1cc(Nc2nc(=O)n(C)cc2[C@H]2C[C@H](OP(=O)(O)O)[C@@H](COP(=O)(O)O)O2)cnc1N. The maximum Gasteiger partial charge on any atom is 0.469 e. The van der Waals surface area contributed by atoms with Crippen molar-refractivity contribution in [3.8, 4) is 0 Å². The van der Waals surface area contributed by atoms with E-state index in [-0.39, 0.29) is 12.2 Å². The van der Waals surface area contributed by atoms with Crippen molar-refractivity contribution in [2.45, 2.75) is 31.7 Å². The maximum atomic E-state index is 12.1. The summed E-state index contributed by atoms with van der Waals surface area (Å²) in [5, 5.41) is 2.95. The first-order chi connectivity index (χ1) is 15.2. The van der Waals surface area contributed by atoms with Gasteiger partial charge in [0.25, 0.3) is 0 Å². The molecule has 1 aliphatic heterocycles. The van der Waals surface area contributed by atoms with Crippen molar-refractivity contribution < 1.29 is 42.5 Å². The zero-order chi connectivity index (χ0) is 24.6. The molecule has 1 aliphatic rings. The van der Waals surface area contributed by atoms with Gasteiger partial charge in [-0.1, -0.05) is 0 Å². The number of nitrogen functional groups attached to an aromatic ring is 1. The molecule has 17 heteroatoms. The average Bonchev–Trinajstić information content (AvgIpc) is 3.06. The van der Waals surface area contributed by atoms with Gasteiger partial charge in [-0.3, -0.25) is 9.05 Å². The minimum absolute atomic E-state index is 0.0838. The van der Waals surface area contributed by atoms with Crippen molar-refractivity contribution in [1.29, 1.82) is 0 Å². The molecule has 3 heterocycles. The fraction of sp³-hybridized carbons (Fsp3) is 0.438. The Bertz CT molecular complexity index is 1180. The third-order valence-electron chi connectivity index (χ3n) is 4.72. The van der Waals surface area contributed by atoms with Gasteiger partial charge in [0, 0.05) is 25.2 Å². The normalized spacial score (nSPS) is 21.3. The molecule has 1 saturated heterocycles. The number of phosphoric ester groups is 2. The van der Waals surface area contributed by atoms with Crippen LogP contribution in [-0.2, 0) is 30.0 Å². The van der Waals surface area contributed by atoms with Crippen molar-refractivity contribution >= 4 is 33.0 Å². The summed E-state index contributed by atoms with van der Waals surface area (Å²) < 4.78 is 38.6. The zero-order valence-electron chi connectivity index (χ0n) is 17.4. The number of hydrogen-bond acceptors (Lipinski definition) is 10. The smallest absolute Gasteiger partial charge is 0.383 e. The molecule has 15 nitrogen and oxygen atoms in total. The van der Waals surface area contributed by atoms with Gasteiger partial charge in [0.15, 0.2) is 0 Å². The van der Waals surface area contributed by atoms with Crippen LogP contribution in [0, 0.1) is 6.92 Å². The molecule has 0 saturated carbocycles. The van der Waals surface area contributed by atoms with Crippen molar-refractivity contribution in [2.75, 3.05) is 17.7 Å². The fourth-order valence-corrected chi connectivity index (χ4v) is 4.13. The van der Waals surface area contributed by atoms with Crippen molar-refractivity contribution in [3.05, 3.63) is 40.1 Å². The largest absolute Gasteiger partial charge is 0.469 e. The minimum atomic E-state index is -4.97. The van der Waals surface area contributed by atoms with Crippen molar-refractivity contribution in [2.24, 2.45) is 7.05 Å². The molecular weight excluding hydrogens is 484 g/mol. The predicted molar refractivity (Wildman–Crippen MR) is 113 cm³/mol. The van der Waals surface area contributed by atoms with Crippen molar-refractivity contribution in [3.63, 3.8) is 0 Å². The number of nitrogens with one attached hydrogen (secondary N) is 1. The van der Waals surface area contributed by atoms with Gasteiger partial charge in [0.1, 0.15) is 23.8 Å². The van der Waals surface area contributed by atoms with Gasteiger partial charge in [-0.15, -0.1) is 0 Å². The van der Waals surface area contributed by atoms with E-state index in [2.05, 4.69) is 19.8 Å². The number of ether oxygens (including phenoxy) is 1. The van der Waals surface area contributed by atoms with Crippen molar-refractivity contribution in [1.82, 2.24) is 14.5 Å². The Morgan fingerprint density at radius 1 is 1.30 bits per heavy atom. The third-order valence-corrected chi connectivity index (χ3v) is 5.75. The summed E-state index contributed by atoms with van der Waals surface area (Å²) in [5.74, 6) is 0.405. The van der Waals surface area contributed by atoms with E-state index in [0.29, 0.717) is 22.6 Å². The maximum absolute atomic E-state index is 12.1. The van der Waals surface area contributed by atoms with Gasteiger partial charge in [-0.05, 0) is 18.6 Å². The molecule has 182 valence electrons. The number of aromatic nitrogens is 3. The van der Waals surface area contributed by atoms with Crippen LogP contribution < -0.4 is 16.7 Å². The predicted octanol–water partition coefficient (Wildman–Crippen LogP) is 0.227. The van der Waals surface area contributed by atoms with Crippen LogP contribution in [0.15, 0.2) is 23.3 Å². The summed E-state index contributed by atoms with van der Waals surface area (Å²) in [6, 6.07) is 1.68. The minimum Gasteiger partial charge on any atom is -0.383 e. The second kappa shape index (κ2) is 9.58. The quantitative estimate of drug-likeness (QED) is 0.263. The molecule has 3 atom stereocenters. The van der Waals surface area contributed by atoms with Gasteiger partial charge < -0.3 is 39.9 Å². The van der Waals surface area contributed by atoms with E-state index < -0.39 is 46.3 Å². The molecule has 0 spiro atoms. The van der Waals surface area contributed by atoms with E-state index in [4.69, 9.17) is 24.8 Å². The molecule has 0 bridgehead atoms. The van der Waals surface area contributed by atoms with Crippen LogP contribution in [-0.4, -0.2) is 52.9 Å². The van der Waals surface area contributed by atoms with Crippen LogP contribution in [0.3, 0.4) is 0 Å². The number of hydrogen-bond donors (Lipinski definition) is 6. The van der Waals surface area contributed by atoms with Crippen LogP contribution in [0.1, 0.15) is 23.7 Å². The monoisotopic (exact) mass is 507 g/mol. The first kappa shape index (κ1) is 25.4. The standard InChI is InChI=1S/C16H23N5O10P2/c1-8-3-9(5-18-14(8)17)19-15-10(6-21(2)16(22)20-15)11-4-12(31-33(26,27)28)13(30-11)7-29-32(23,24)25/h3,5-6,11-13H,4,7H2,1-2H3,(H2,17,18)(H,19,20,22)(H2,23,24,25)(H2,26,27,28)/t11-,12+,13-/m1/s1. The van der Waals surface area contributed by atoms with Crippen LogP contribution in [0.4, 0.5) is 17.3 Å². The van der Waals surface area contributed by atoms with Gasteiger partial charge in [0.2, 0.25) is 0 Å². The summed E-state index contributed by atoms with van der Waals surface area (Å²) in [4.78, 5) is 56.5. The van der Waals surface area contributed by atoms with E-state index in [9.17, 15) is 23.7 Å². The second-order valence-corrected chi connectivity index (χ2v) is 9.74. The Labute approximate surface area is 187 Å². The van der Waals surface area contributed by atoms with Gasteiger partial charge >= 0.3 is 21.3 Å². The molecule has 0 aromatic carbocycles. The van der Waals surface area contributed by atoms with E-state index in [0.717, 1.165) is 0 Å². The first-order valence-electron chi connectivity index (χ1n) is 9.38. The van der Waals surface area contributed by atoms with E-state index in [1.807, 2.05) is 0 Å². The third kappa shape index (κ3) is 6.90. The second-order valence-electron chi connectivity index (χ2n) is 7.31. The summed E-state index contributed by atoms with van der Waals surface area (Å²) in [5.41, 5.74) is 6.59.